The summed E-state index contributed by atoms with van der Waals surface area (Å²) in [5.41, 5.74) is -0.288. The molecule has 1 aliphatic heterocycles. The van der Waals surface area contributed by atoms with Crippen molar-refractivity contribution in [3.8, 4) is 11.5 Å². The fraction of sp³-hybridized carbons (Fsp3) is 0.280. The Bertz CT molecular complexity index is 1070. The average molecular weight is 467 g/mol. The molecule has 3 aromatic carbocycles. The lowest BCUT2D eigenvalue weighted by Crippen LogP contribution is -2.51. The molecule has 2 aliphatic rings. The maximum absolute atomic E-state index is 12.1. The summed E-state index contributed by atoms with van der Waals surface area (Å²) in [6, 6.07) is 23.2. The van der Waals surface area contributed by atoms with Crippen LogP contribution in [-0.4, -0.2) is 22.9 Å². The van der Waals surface area contributed by atoms with Crippen LogP contribution in [0.15, 0.2) is 77.3 Å². The molecule has 0 aromatic heterocycles. The van der Waals surface area contributed by atoms with E-state index in [1.165, 1.54) is 0 Å². The fourth-order valence-electron chi connectivity index (χ4n) is 5.17. The van der Waals surface area contributed by atoms with Crippen LogP contribution in [0.4, 0.5) is 0 Å². The predicted octanol–water partition coefficient (Wildman–Crippen LogP) is 4.87. The first kappa shape index (κ1) is 19.6. The molecule has 1 fully saturated rings. The molecule has 4 nitrogen and oxygen atoms in total. The van der Waals surface area contributed by atoms with E-state index >= 15 is 0 Å². The van der Waals surface area contributed by atoms with Gasteiger partial charge in [-0.2, -0.15) is 0 Å². The molecule has 1 saturated carbocycles. The molecule has 0 amide bonds. The second-order valence-corrected chi connectivity index (χ2v) is 8.83. The van der Waals surface area contributed by atoms with Crippen LogP contribution in [0.2, 0.25) is 0 Å². The molecule has 30 heavy (non-hydrogen) atoms. The molecule has 1 aliphatic carbocycles. The molecule has 5 heteroatoms. The predicted molar refractivity (Wildman–Crippen MR) is 118 cm³/mol. The summed E-state index contributed by atoms with van der Waals surface area (Å²) in [4.78, 5) is 0. The Morgan fingerprint density at radius 1 is 1.07 bits per heavy atom. The Labute approximate surface area is 184 Å². The Hall–Kier alpha value is -2.34. The molecule has 1 heterocycles. The van der Waals surface area contributed by atoms with Crippen LogP contribution in [0.3, 0.4) is 0 Å². The summed E-state index contributed by atoms with van der Waals surface area (Å²) in [5.74, 6) is 0.991. The average Bonchev–Trinajstić information content (AvgIpc) is 3.15. The van der Waals surface area contributed by atoms with Crippen molar-refractivity contribution in [2.24, 2.45) is 0 Å². The van der Waals surface area contributed by atoms with Gasteiger partial charge in [0, 0.05) is 22.0 Å². The third-order valence-corrected chi connectivity index (χ3v) is 6.95. The maximum atomic E-state index is 12.1. The highest BCUT2D eigenvalue weighted by atomic mass is 79.9. The van der Waals surface area contributed by atoms with Crippen LogP contribution in [0, 0.1) is 0 Å². The minimum absolute atomic E-state index is 0.234. The third-order valence-electron chi connectivity index (χ3n) is 6.42. The highest BCUT2D eigenvalue weighted by Crippen LogP contribution is 2.66. The largest absolute Gasteiger partial charge is 0.494 e. The van der Waals surface area contributed by atoms with Crippen molar-refractivity contribution in [2.45, 2.75) is 36.6 Å². The van der Waals surface area contributed by atoms with Gasteiger partial charge >= 0.3 is 0 Å². The SMILES string of the molecule is CCOc1ccc2c(c1)O[C@@]1(c3ccc(Br)cc3)[C@H](c3ccccc3)C[C@H](O)[C@@]21O. The zero-order valence-electron chi connectivity index (χ0n) is 16.6. The van der Waals surface area contributed by atoms with Crippen LogP contribution in [0.5, 0.6) is 11.5 Å². The van der Waals surface area contributed by atoms with Gasteiger partial charge in [-0.1, -0.05) is 58.4 Å². The molecule has 0 spiro atoms. The number of ether oxygens (including phenoxy) is 2. The lowest BCUT2D eigenvalue weighted by Gasteiger charge is -2.40. The number of halogens is 1. The zero-order valence-corrected chi connectivity index (χ0v) is 18.2. The van der Waals surface area contributed by atoms with E-state index in [9.17, 15) is 10.2 Å². The molecule has 4 atom stereocenters. The number of rotatable bonds is 4. The maximum Gasteiger partial charge on any atom is 0.176 e. The van der Waals surface area contributed by atoms with Gasteiger partial charge in [0.05, 0.1) is 12.7 Å². The minimum Gasteiger partial charge on any atom is -0.494 e. The van der Waals surface area contributed by atoms with E-state index in [1.54, 1.807) is 0 Å². The second kappa shape index (κ2) is 7.12. The van der Waals surface area contributed by atoms with Gasteiger partial charge in [0.15, 0.2) is 11.2 Å². The van der Waals surface area contributed by atoms with E-state index in [2.05, 4.69) is 15.9 Å². The monoisotopic (exact) mass is 466 g/mol. The van der Waals surface area contributed by atoms with E-state index in [-0.39, 0.29) is 5.92 Å². The quantitative estimate of drug-likeness (QED) is 0.575. The summed E-state index contributed by atoms with van der Waals surface area (Å²) < 4.78 is 13.3. The molecule has 0 saturated heterocycles. The first-order valence-electron chi connectivity index (χ1n) is 10.2. The number of aliphatic hydroxyl groups is 2. The van der Waals surface area contributed by atoms with Gasteiger partial charge in [0.1, 0.15) is 11.5 Å². The van der Waals surface area contributed by atoms with E-state index in [4.69, 9.17) is 9.47 Å². The van der Waals surface area contributed by atoms with E-state index in [1.807, 2.05) is 79.7 Å². The van der Waals surface area contributed by atoms with Crippen LogP contribution in [0.25, 0.3) is 0 Å². The van der Waals surface area contributed by atoms with Gasteiger partial charge in [0.2, 0.25) is 0 Å². The first-order chi connectivity index (χ1) is 14.5. The Morgan fingerprint density at radius 2 is 1.80 bits per heavy atom. The molecule has 0 radical (unpaired) electrons. The molecular formula is C25H23BrO4. The van der Waals surface area contributed by atoms with Crippen LogP contribution in [-0.2, 0) is 11.2 Å². The highest BCUT2D eigenvalue weighted by molar-refractivity contribution is 9.10. The Balaban J connectivity index is 1.75. The van der Waals surface area contributed by atoms with Gasteiger partial charge in [-0.15, -0.1) is 0 Å². The fourth-order valence-corrected chi connectivity index (χ4v) is 5.43. The molecule has 154 valence electrons. The number of aliphatic hydroxyl groups excluding tert-OH is 1. The summed E-state index contributed by atoms with van der Waals surface area (Å²) in [5, 5.41) is 23.4. The summed E-state index contributed by atoms with van der Waals surface area (Å²) >= 11 is 3.50. The van der Waals surface area contributed by atoms with Crippen molar-refractivity contribution in [2.75, 3.05) is 6.61 Å². The smallest absolute Gasteiger partial charge is 0.176 e. The second-order valence-electron chi connectivity index (χ2n) is 7.92. The first-order valence-corrected chi connectivity index (χ1v) is 11.0. The van der Waals surface area contributed by atoms with Crippen LogP contribution in [0.1, 0.15) is 36.0 Å². The molecule has 2 N–H and O–H groups in total. The van der Waals surface area contributed by atoms with Gasteiger partial charge in [0.25, 0.3) is 0 Å². The van der Waals surface area contributed by atoms with Crippen molar-refractivity contribution in [3.05, 3.63) is 94.0 Å². The normalized spacial score (nSPS) is 29.2. The van der Waals surface area contributed by atoms with Crippen LogP contribution >= 0.6 is 15.9 Å². The van der Waals surface area contributed by atoms with Crippen molar-refractivity contribution in [1.29, 1.82) is 0 Å². The van der Waals surface area contributed by atoms with E-state index < -0.39 is 17.3 Å². The molecule has 0 bridgehead atoms. The number of hydrogen-bond donors (Lipinski definition) is 2. The Kier molecular flexibility index (Phi) is 4.65. The number of fused-ring (bicyclic) bond motifs is 3. The van der Waals surface area contributed by atoms with Crippen molar-refractivity contribution in [1.82, 2.24) is 0 Å². The standard InChI is InChI=1S/C25H23BrO4/c1-2-29-19-12-13-20-22(14-19)30-25(17-8-10-18(26)11-9-17)21(15-23(27)24(20,25)28)16-6-4-3-5-7-16/h3-14,21,23,27-28H,2,15H2,1H3/t21-,23-,24-,25-/m0/s1. The summed E-state index contributed by atoms with van der Waals surface area (Å²) in [6.45, 7) is 2.46. The van der Waals surface area contributed by atoms with Gasteiger partial charge in [-0.05, 0) is 48.7 Å². The van der Waals surface area contributed by atoms with Crippen molar-refractivity contribution >= 4 is 15.9 Å². The minimum atomic E-state index is -1.58. The third kappa shape index (κ3) is 2.59. The summed E-state index contributed by atoms with van der Waals surface area (Å²) in [7, 11) is 0. The highest BCUT2D eigenvalue weighted by Gasteiger charge is 2.72. The molecule has 5 rings (SSSR count). The van der Waals surface area contributed by atoms with Gasteiger partial charge < -0.3 is 19.7 Å². The number of hydrogen-bond acceptors (Lipinski definition) is 4. The van der Waals surface area contributed by atoms with Gasteiger partial charge in [-0.3, -0.25) is 0 Å². The molecule has 0 unspecified atom stereocenters. The number of benzene rings is 3. The molecular weight excluding hydrogens is 444 g/mol. The summed E-state index contributed by atoms with van der Waals surface area (Å²) in [6.07, 6.45) is -0.589. The van der Waals surface area contributed by atoms with Crippen molar-refractivity contribution in [3.63, 3.8) is 0 Å². The van der Waals surface area contributed by atoms with E-state index in [0.717, 1.165) is 15.6 Å². The topological polar surface area (TPSA) is 58.9 Å². The van der Waals surface area contributed by atoms with Crippen molar-refractivity contribution < 1.29 is 19.7 Å². The lowest BCUT2D eigenvalue weighted by atomic mass is 9.71. The van der Waals surface area contributed by atoms with E-state index in [0.29, 0.717) is 30.1 Å². The van der Waals surface area contributed by atoms with Gasteiger partial charge in [-0.25, -0.2) is 0 Å². The molecule has 3 aromatic rings. The lowest BCUT2D eigenvalue weighted by molar-refractivity contribution is -0.149. The Morgan fingerprint density at radius 3 is 2.50 bits per heavy atom. The van der Waals surface area contributed by atoms with Crippen LogP contribution < -0.4 is 9.47 Å². The zero-order chi connectivity index (χ0) is 20.9.